The lowest BCUT2D eigenvalue weighted by Crippen LogP contribution is -2.31. The van der Waals surface area contributed by atoms with Crippen LogP contribution in [-0.4, -0.2) is 17.1 Å². The van der Waals surface area contributed by atoms with Crippen LogP contribution in [0, 0.1) is 22.9 Å². The molecule has 0 spiro atoms. The minimum Gasteiger partial charge on any atom is -0.481 e. The molecule has 3 nitrogen and oxygen atoms in total. The van der Waals surface area contributed by atoms with Crippen LogP contribution < -0.4 is 5.73 Å². The Balaban J connectivity index is 2.80. The third-order valence-electron chi connectivity index (χ3n) is 3.01. The molecule has 0 amide bonds. The second kappa shape index (κ2) is 6.26. The molecule has 20 heavy (non-hydrogen) atoms. The monoisotopic (exact) mass is 289 g/mol. The number of hydrogen-bond acceptors (Lipinski definition) is 2. The van der Waals surface area contributed by atoms with Crippen molar-refractivity contribution in [1.82, 2.24) is 0 Å². The highest BCUT2D eigenvalue weighted by atomic mass is 19.2. The average molecular weight is 289 g/mol. The van der Waals surface area contributed by atoms with Crippen LogP contribution in [0.3, 0.4) is 0 Å². The van der Waals surface area contributed by atoms with Gasteiger partial charge in [-0.05, 0) is 29.9 Å². The molecule has 0 aromatic heterocycles. The summed E-state index contributed by atoms with van der Waals surface area (Å²) in [6.45, 7) is 3.55. The van der Waals surface area contributed by atoms with E-state index in [1.54, 1.807) is 13.8 Å². The van der Waals surface area contributed by atoms with Crippen molar-refractivity contribution in [2.24, 2.45) is 11.1 Å². The fourth-order valence-corrected chi connectivity index (χ4v) is 2.29. The van der Waals surface area contributed by atoms with E-state index in [0.717, 1.165) is 6.07 Å². The zero-order valence-electron chi connectivity index (χ0n) is 11.4. The number of benzene rings is 1. The summed E-state index contributed by atoms with van der Waals surface area (Å²) in [6, 6.07) is 0.767. The van der Waals surface area contributed by atoms with Gasteiger partial charge in [-0.2, -0.15) is 0 Å². The molecule has 0 aliphatic heterocycles. The summed E-state index contributed by atoms with van der Waals surface area (Å²) in [5.74, 6) is -4.16. The molecule has 0 aliphatic carbocycles. The van der Waals surface area contributed by atoms with Crippen molar-refractivity contribution in [3.63, 3.8) is 0 Å². The summed E-state index contributed by atoms with van der Waals surface area (Å²) in [4.78, 5) is 10.6. The van der Waals surface area contributed by atoms with Gasteiger partial charge in [0.05, 0.1) is 6.42 Å². The highest BCUT2D eigenvalue weighted by Crippen LogP contribution is 2.29. The quantitative estimate of drug-likeness (QED) is 0.791. The van der Waals surface area contributed by atoms with Crippen LogP contribution in [0.1, 0.15) is 32.3 Å². The van der Waals surface area contributed by atoms with Crippen molar-refractivity contribution in [3.05, 3.63) is 35.1 Å². The Morgan fingerprint density at radius 2 is 1.80 bits per heavy atom. The maximum absolute atomic E-state index is 13.6. The van der Waals surface area contributed by atoms with E-state index in [4.69, 9.17) is 10.8 Å². The van der Waals surface area contributed by atoms with Gasteiger partial charge in [0.15, 0.2) is 11.6 Å². The van der Waals surface area contributed by atoms with Crippen molar-refractivity contribution in [2.45, 2.75) is 39.2 Å². The summed E-state index contributed by atoms with van der Waals surface area (Å²) in [5, 5.41) is 8.65. The van der Waals surface area contributed by atoms with Crippen LogP contribution in [0.25, 0.3) is 0 Å². The summed E-state index contributed by atoms with van der Waals surface area (Å²) in [6.07, 6.45) is 0.283. The van der Waals surface area contributed by atoms with E-state index in [1.807, 2.05) is 0 Å². The van der Waals surface area contributed by atoms with Gasteiger partial charge in [0, 0.05) is 12.1 Å². The van der Waals surface area contributed by atoms with Crippen molar-refractivity contribution < 1.29 is 23.1 Å². The largest absolute Gasteiger partial charge is 0.481 e. The Hall–Kier alpha value is -1.56. The van der Waals surface area contributed by atoms with Gasteiger partial charge < -0.3 is 10.8 Å². The van der Waals surface area contributed by atoms with Gasteiger partial charge in [-0.15, -0.1) is 0 Å². The molecule has 1 atom stereocenters. The first kappa shape index (κ1) is 16.5. The minimum absolute atomic E-state index is 0.0522. The van der Waals surface area contributed by atoms with Crippen LogP contribution in [0.2, 0.25) is 0 Å². The molecule has 6 heteroatoms. The van der Waals surface area contributed by atoms with Gasteiger partial charge in [0.2, 0.25) is 0 Å². The number of carbonyl (C=O) groups is 1. The molecule has 0 radical (unpaired) electrons. The fourth-order valence-electron chi connectivity index (χ4n) is 2.29. The predicted octanol–water partition coefficient (Wildman–Crippen LogP) is 2.86. The molecule has 0 saturated heterocycles. The summed E-state index contributed by atoms with van der Waals surface area (Å²) >= 11 is 0. The zero-order chi connectivity index (χ0) is 15.5. The lowest BCUT2D eigenvalue weighted by Gasteiger charge is -2.27. The van der Waals surface area contributed by atoms with Gasteiger partial charge in [0.1, 0.15) is 5.82 Å². The van der Waals surface area contributed by atoms with E-state index < -0.39 is 34.9 Å². The summed E-state index contributed by atoms with van der Waals surface area (Å²) < 4.78 is 39.5. The highest BCUT2D eigenvalue weighted by molar-refractivity contribution is 5.67. The third-order valence-corrected chi connectivity index (χ3v) is 3.01. The van der Waals surface area contributed by atoms with Gasteiger partial charge in [-0.1, -0.05) is 13.8 Å². The van der Waals surface area contributed by atoms with E-state index in [9.17, 15) is 18.0 Å². The van der Waals surface area contributed by atoms with Crippen molar-refractivity contribution >= 4 is 5.97 Å². The first-order valence-corrected chi connectivity index (χ1v) is 6.21. The molecule has 0 aliphatic rings. The number of halogens is 3. The standard InChI is InChI=1S/C14H18F3NO2/c1-14(2,7-9(18)4-13(19)20)6-8-3-11(16)12(17)5-10(8)15/h3,5,9H,4,6-7,18H2,1-2H3,(H,19,20)/t9-/m1/s1. The van der Waals surface area contributed by atoms with E-state index in [1.165, 1.54) is 0 Å². The fraction of sp³-hybridized carbons (Fsp3) is 0.500. The normalized spacial score (nSPS) is 13.3. The number of hydrogen-bond donors (Lipinski definition) is 2. The first-order chi connectivity index (χ1) is 9.10. The maximum Gasteiger partial charge on any atom is 0.304 e. The maximum atomic E-state index is 13.6. The molecular formula is C14H18F3NO2. The van der Waals surface area contributed by atoms with E-state index in [0.29, 0.717) is 12.5 Å². The Morgan fingerprint density at radius 3 is 2.35 bits per heavy atom. The number of aliphatic carboxylic acids is 1. The Labute approximate surface area is 115 Å². The molecule has 0 fully saturated rings. The molecule has 1 rings (SSSR count). The smallest absolute Gasteiger partial charge is 0.304 e. The molecule has 3 N–H and O–H groups in total. The van der Waals surface area contributed by atoms with E-state index in [-0.39, 0.29) is 18.4 Å². The number of carboxylic acid groups (broad SMARTS) is 1. The second-order valence-electron chi connectivity index (χ2n) is 5.76. The zero-order valence-corrected chi connectivity index (χ0v) is 11.4. The number of nitrogens with two attached hydrogens (primary N) is 1. The van der Waals surface area contributed by atoms with Gasteiger partial charge >= 0.3 is 5.97 Å². The highest BCUT2D eigenvalue weighted by Gasteiger charge is 2.25. The van der Waals surface area contributed by atoms with Crippen LogP contribution in [0.15, 0.2) is 12.1 Å². The SMILES string of the molecule is CC(C)(Cc1cc(F)c(F)cc1F)C[C@H](N)CC(=O)O. The molecule has 0 heterocycles. The molecular weight excluding hydrogens is 271 g/mol. The first-order valence-electron chi connectivity index (χ1n) is 6.21. The predicted molar refractivity (Wildman–Crippen MR) is 68.6 cm³/mol. The van der Waals surface area contributed by atoms with Crippen LogP contribution in [-0.2, 0) is 11.2 Å². The minimum atomic E-state index is -1.23. The molecule has 1 aromatic carbocycles. The van der Waals surface area contributed by atoms with E-state index in [2.05, 4.69) is 0 Å². The molecule has 112 valence electrons. The molecule has 0 unspecified atom stereocenters. The van der Waals surface area contributed by atoms with Crippen molar-refractivity contribution in [1.29, 1.82) is 0 Å². The average Bonchev–Trinajstić information content (AvgIpc) is 2.23. The summed E-state index contributed by atoms with van der Waals surface area (Å²) in [7, 11) is 0. The third kappa shape index (κ3) is 4.85. The van der Waals surface area contributed by atoms with Gasteiger partial charge in [-0.3, -0.25) is 4.79 Å². The molecule has 0 saturated carbocycles. The number of carboxylic acids is 1. The Bertz CT molecular complexity index is 503. The van der Waals surface area contributed by atoms with Gasteiger partial charge in [0.25, 0.3) is 0 Å². The molecule has 0 bridgehead atoms. The van der Waals surface area contributed by atoms with Crippen molar-refractivity contribution in [2.75, 3.05) is 0 Å². The lowest BCUT2D eigenvalue weighted by molar-refractivity contribution is -0.137. The second-order valence-corrected chi connectivity index (χ2v) is 5.76. The number of rotatable bonds is 6. The van der Waals surface area contributed by atoms with Gasteiger partial charge in [-0.25, -0.2) is 13.2 Å². The Morgan fingerprint density at radius 1 is 1.25 bits per heavy atom. The lowest BCUT2D eigenvalue weighted by atomic mass is 9.79. The topological polar surface area (TPSA) is 63.3 Å². The Kier molecular flexibility index (Phi) is 5.16. The van der Waals surface area contributed by atoms with E-state index >= 15 is 0 Å². The van der Waals surface area contributed by atoms with Crippen LogP contribution in [0.4, 0.5) is 13.2 Å². The van der Waals surface area contributed by atoms with Crippen molar-refractivity contribution in [3.8, 4) is 0 Å². The van der Waals surface area contributed by atoms with Crippen LogP contribution >= 0.6 is 0 Å². The molecule has 1 aromatic rings. The van der Waals surface area contributed by atoms with Crippen LogP contribution in [0.5, 0.6) is 0 Å². The summed E-state index contributed by atoms with van der Waals surface area (Å²) in [5.41, 5.74) is 5.22.